The number of benzene rings is 2. The molecule has 1 N–H and O–H groups in total. The zero-order valence-electron chi connectivity index (χ0n) is 19.7. The number of halogens is 2. The van der Waals surface area contributed by atoms with E-state index in [4.69, 9.17) is 37.4 Å². The number of thioether (sulfide) groups is 1. The molecular formula is C25H23Cl2N3O5S. The Balaban J connectivity index is 1.54. The first-order chi connectivity index (χ1) is 17.3. The van der Waals surface area contributed by atoms with E-state index in [0.717, 1.165) is 10.7 Å². The fourth-order valence-electron chi connectivity index (χ4n) is 3.79. The van der Waals surface area contributed by atoms with Gasteiger partial charge in [-0.15, -0.1) is 0 Å². The van der Waals surface area contributed by atoms with E-state index >= 15 is 0 Å². The zero-order chi connectivity index (χ0) is 25.8. The molecule has 0 radical (unpaired) electrons. The summed E-state index contributed by atoms with van der Waals surface area (Å²) in [5.74, 6) is -0.0167. The van der Waals surface area contributed by atoms with Gasteiger partial charge in [0.1, 0.15) is 0 Å². The van der Waals surface area contributed by atoms with Gasteiger partial charge >= 0.3 is 5.97 Å². The van der Waals surface area contributed by atoms with Crippen LogP contribution in [0.4, 0.5) is 5.69 Å². The van der Waals surface area contributed by atoms with Crippen molar-refractivity contribution in [1.29, 1.82) is 0 Å². The third-order valence-electron chi connectivity index (χ3n) is 5.38. The standard InChI is InChI=1S/C25H23Cl2N3O5S/c1-4-34-24(32)22-14(2)28-25-30(9-10-36-25)23(22)15-5-8-19(20(11-15)33-3)35-13-21(31)29-16-6-7-17(26)18(27)12-16/h5-12,23H,4,13H2,1-3H3,(H,29,31)/t23-/m1/s1. The Morgan fingerprint density at radius 1 is 1.14 bits per heavy atom. The summed E-state index contributed by atoms with van der Waals surface area (Å²) < 4.78 is 16.6. The normalized spacial score (nSPS) is 16.4. The molecule has 0 aromatic heterocycles. The number of methoxy groups -OCH3 is 1. The molecule has 188 valence electrons. The van der Waals surface area contributed by atoms with Crippen LogP contribution in [-0.4, -0.2) is 42.3 Å². The number of hydrogen-bond acceptors (Lipinski definition) is 8. The van der Waals surface area contributed by atoms with Crippen molar-refractivity contribution in [1.82, 2.24) is 4.90 Å². The number of carbonyl (C=O) groups is 2. The number of esters is 1. The van der Waals surface area contributed by atoms with E-state index in [2.05, 4.69) is 10.3 Å². The number of amides is 1. The topological polar surface area (TPSA) is 89.5 Å². The molecule has 4 rings (SSSR count). The van der Waals surface area contributed by atoms with Gasteiger partial charge in [-0.25, -0.2) is 9.79 Å². The van der Waals surface area contributed by atoms with E-state index in [1.165, 1.54) is 18.9 Å². The van der Waals surface area contributed by atoms with Crippen molar-refractivity contribution in [3.8, 4) is 11.5 Å². The van der Waals surface area contributed by atoms with Crippen LogP contribution in [0.1, 0.15) is 25.5 Å². The number of fused-ring (bicyclic) bond motifs is 1. The molecule has 0 spiro atoms. The van der Waals surface area contributed by atoms with E-state index in [1.54, 1.807) is 44.2 Å². The molecule has 36 heavy (non-hydrogen) atoms. The molecule has 1 atom stereocenters. The SMILES string of the molecule is CCOC(=O)C1=C(C)N=C2SC=CN2[C@@H]1c1ccc(OCC(=O)Nc2ccc(Cl)c(Cl)c2)c(OC)c1. The van der Waals surface area contributed by atoms with Crippen molar-refractivity contribution in [3.63, 3.8) is 0 Å². The summed E-state index contributed by atoms with van der Waals surface area (Å²) >= 11 is 13.4. The van der Waals surface area contributed by atoms with Gasteiger partial charge in [0.05, 0.1) is 41.1 Å². The first-order valence-electron chi connectivity index (χ1n) is 11.0. The van der Waals surface area contributed by atoms with Gasteiger partial charge in [0, 0.05) is 11.9 Å². The average Bonchev–Trinajstić information content (AvgIpc) is 3.32. The lowest BCUT2D eigenvalue weighted by Crippen LogP contribution is -2.34. The van der Waals surface area contributed by atoms with Gasteiger partial charge in [0.15, 0.2) is 23.3 Å². The maximum Gasteiger partial charge on any atom is 0.338 e. The highest BCUT2D eigenvalue weighted by Crippen LogP contribution is 2.43. The predicted molar refractivity (Wildman–Crippen MR) is 142 cm³/mol. The Morgan fingerprint density at radius 3 is 2.67 bits per heavy atom. The number of rotatable bonds is 8. The van der Waals surface area contributed by atoms with Crippen LogP contribution in [0.25, 0.3) is 0 Å². The maximum atomic E-state index is 12.8. The first kappa shape index (κ1) is 25.9. The fraction of sp³-hybridized carbons (Fsp3) is 0.240. The summed E-state index contributed by atoms with van der Waals surface area (Å²) in [6.45, 7) is 3.56. The number of hydrogen-bond donors (Lipinski definition) is 1. The van der Waals surface area contributed by atoms with Crippen molar-refractivity contribution in [2.75, 3.05) is 25.6 Å². The first-order valence-corrected chi connectivity index (χ1v) is 12.6. The molecule has 0 bridgehead atoms. The summed E-state index contributed by atoms with van der Waals surface area (Å²) in [6, 6.07) is 9.65. The van der Waals surface area contributed by atoms with Crippen LogP contribution in [0.5, 0.6) is 11.5 Å². The van der Waals surface area contributed by atoms with Gasteiger partial charge in [-0.2, -0.15) is 0 Å². The second kappa shape index (κ2) is 11.3. The zero-order valence-corrected chi connectivity index (χ0v) is 22.0. The maximum absolute atomic E-state index is 12.8. The molecule has 8 nitrogen and oxygen atoms in total. The number of anilines is 1. The predicted octanol–water partition coefficient (Wildman–Crippen LogP) is 5.79. The number of nitrogens with zero attached hydrogens (tertiary/aromatic N) is 2. The molecule has 0 fully saturated rings. The minimum atomic E-state index is -0.455. The Morgan fingerprint density at radius 2 is 1.94 bits per heavy atom. The molecular weight excluding hydrogens is 525 g/mol. The quantitative estimate of drug-likeness (QED) is 0.418. The van der Waals surface area contributed by atoms with Gasteiger partial charge in [-0.05, 0) is 55.2 Å². The number of amidine groups is 1. The number of allylic oxidation sites excluding steroid dienone is 1. The molecule has 11 heteroatoms. The highest BCUT2D eigenvalue weighted by atomic mass is 35.5. The van der Waals surface area contributed by atoms with Crippen molar-refractivity contribution in [2.45, 2.75) is 19.9 Å². The van der Waals surface area contributed by atoms with E-state index in [1.807, 2.05) is 22.6 Å². The Hall–Kier alpha value is -3.14. The Kier molecular flexibility index (Phi) is 8.13. The smallest absolute Gasteiger partial charge is 0.338 e. The fourth-order valence-corrected chi connectivity index (χ4v) is 4.88. The lowest BCUT2D eigenvalue weighted by atomic mass is 9.94. The third kappa shape index (κ3) is 5.48. The number of aliphatic imine (C=N–C) groups is 1. The summed E-state index contributed by atoms with van der Waals surface area (Å²) in [6.07, 6.45) is 1.88. The van der Waals surface area contributed by atoms with Gasteiger partial charge in [0.2, 0.25) is 0 Å². The molecule has 0 aliphatic carbocycles. The van der Waals surface area contributed by atoms with Crippen LogP contribution in [0.2, 0.25) is 10.0 Å². The van der Waals surface area contributed by atoms with E-state index in [9.17, 15) is 9.59 Å². The number of nitrogens with one attached hydrogen (secondary N) is 1. The van der Waals surface area contributed by atoms with Gasteiger partial charge in [-0.3, -0.25) is 4.79 Å². The number of ether oxygens (including phenoxy) is 3. The second-order valence-electron chi connectivity index (χ2n) is 7.70. The van der Waals surface area contributed by atoms with Gasteiger partial charge in [0.25, 0.3) is 5.91 Å². The molecule has 0 saturated carbocycles. The van der Waals surface area contributed by atoms with Gasteiger partial charge in [-0.1, -0.05) is 41.0 Å². The van der Waals surface area contributed by atoms with Crippen LogP contribution in [0.3, 0.4) is 0 Å². The summed E-state index contributed by atoms with van der Waals surface area (Å²) in [5.41, 5.74) is 2.32. The van der Waals surface area contributed by atoms with Crippen LogP contribution >= 0.6 is 35.0 Å². The number of carbonyl (C=O) groups excluding carboxylic acids is 2. The highest BCUT2D eigenvalue weighted by molar-refractivity contribution is 8.16. The lowest BCUT2D eigenvalue weighted by Gasteiger charge is -2.33. The second-order valence-corrected chi connectivity index (χ2v) is 9.39. The molecule has 0 saturated heterocycles. The third-order valence-corrected chi connectivity index (χ3v) is 6.89. The minimum absolute atomic E-state index is 0.254. The Labute approximate surface area is 222 Å². The summed E-state index contributed by atoms with van der Waals surface area (Å²) in [7, 11) is 1.51. The van der Waals surface area contributed by atoms with Crippen molar-refractivity contribution >= 4 is 57.7 Å². The summed E-state index contributed by atoms with van der Waals surface area (Å²) in [5, 5.41) is 6.11. The molecule has 2 aromatic rings. The average molecular weight is 548 g/mol. The van der Waals surface area contributed by atoms with E-state index < -0.39 is 12.0 Å². The molecule has 2 heterocycles. The lowest BCUT2D eigenvalue weighted by molar-refractivity contribution is -0.139. The largest absolute Gasteiger partial charge is 0.493 e. The van der Waals surface area contributed by atoms with Crippen LogP contribution in [0.15, 0.2) is 64.3 Å². The minimum Gasteiger partial charge on any atom is -0.493 e. The molecule has 0 unspecified atom stereocenters. The van der Waals surface area contributed by atoms with Crippen LogP contribution in [0, 0.1) is 0 Å². The van der Waals surface area contributed by atoms with Crippen LogP contribution < -0.4 is 14.8 Å². The molecule has 2 aliphatic rings. The van der Waals surface area contributed by atoms with E-state index in [-0.39, 0.29) is 19.1 Å². The molecule has 1 amide bonds. The van der Waals surface area contributed by atoms with Crippen LogP contribution in [-0.2, 0) is 14.3 Å². The molecule has 2 aliphatic heterocycles. The van der Waals surface area contributed by atoms with Crippen molar-refractivity contribution in [2.24, 2.45) is 4.99 Å². The van der Waals surface area contributed by atoms with Gasteiger partial charge < -0.3 is 24.4 Å². The Bertz CT molecular complexity index is 1290. The van der Waals surface area contributed by atoms with Crippen molar-refractivity contribution in [3.05, 3.63) is 74.9 Å². The van der Waals surface area contributed by atoms with E-state index in [0.29, 0.717) is 38.5 Å². The highest BCUT2D eigenvalue weighted by Gasteiger charge is 2.37. The summed E-state index contributed by atoms with van der Waals surface area (Å²) in [4.78, 5) is 31.7. The van der Waals surface area contributed by atoms with Crippen molar-refractivity contribution < 1.29 is 23.8 Å². The molecule has 2 aromatic carbocycles. The monoisotopic (exact) mass is 547 g/mol.